The van der Waals surface area contributed by atoms with Gasteiger partial charge in [0.15, 0.2) is 0 Å². The van der Waals surface area contributed by atoms with Crippen LogP contribution in [0.4, 0.5) is 0 Å². The molecule has 0 spiro atoms. The highest BCUT2D eigenvalue weighted by Gasteiger charge is 2.47. The number of hydrogen-bond acceptors (Lipinski definition) is 5. The van der Waals surface area contributed by atoms with Crippen molar-refractivity contribution in [3.05, 3.63) is 17.0 Å². The van der Waals surface area contributed by atoms with Gasteiger partial charge < -0.3 is 9.84 Å². The van der Waals surface area contributed by atoms with E-state index in [1.807, 2.05) is 6.92 Å². The third-order valence-corrected chi connectivity index (χ3v) is 5.98. The fraction of sp³-hybridized carbons (Fsp3) is 0.600. The molecule has 1 saturated heterocycles. The van der Waals surface area contributed by atoms with Crippen LogP contribution in [0.3, 0.4) is 0 Å². The minimum atomic E-state index is -3.43. The van der Waals surface area contributed by atoms with E-state index in [1.54, 1.807) is 11.4 Å². The fourth-order valence-corrected chi connectivity index (χ4v) is 4.79. The first-order valence-electron chi connectivity index (χ1n) is 5.14. The Kier molecular flexibility index (Phi) is 3.30. The molecule has 2 heterocycles. The molecule has 1 aromatic heterocycles. The Bertz CT molecular complexity index is 502. The van der Waals surface area contributed by atoms with E-state index in [1.165, 1.54) is 22.8 Å². The molecule has 0 amide bonds. The van der Waals surface area contributed by atoms with E-state index in [9.17, 15) is 13.5 Å². The van der Waals surface area contributed by atoms with Gasteiger partial charge >= 0.3 is 0 Å². The van der Waals surface area contributed by atoms with Gasteiger partial charge in [-0.15, -0.1) is 11.3 Å². The first-order chi connectivity index (χ1) is 7.87. The van der Waals surface area contributed by atoms with Crippen LogP contribution in [-0.4, -0.2) is 50.2 Å². The summed E-state index contributed by atoms with van der Waals surface area (Å²) in [5.41, 5.74) is -0.102. The number of rotatable bonds is 4. The second kappa shape index (κ2) is 4.33. The number of nitrogens with zero attached hydrogens (tertiary/aromatic N) is 1. The Hall–Kier alpha value is -0.470. The summed E-state index contributed by atoms with van der Waals surface area (Å²) in [6.45, 7) is 2.20. The number of ether oxygens (including phenoxy) is 1. The Labute approximate surface area is 105 Å². The molecule has 0 bridgehead atoms. The molecule has 1 N–H and O–H groups in total. The Morgan fingerprint density at radius 2 is 2.24 bits per heavy atom. The first-order valence-corrected chi connectivity index (χ1v) is 7.46. The lowest BCUT2D eigenvalue weighted by Crippen LogP contribution is -2.65. The third kappa shape index (κ3) is 2.38. The molecular weight excluding hydrogens is 262 g/mol. The van der Waals surface area contributed by atoms with Gasteiger partial charge in [0.2, 0.25) is 0 Å². The summed E-state index contributed by atoms with van der Waals surface area (Å²) in [7, 11) is -1.95. The van der Waals surface area contributed by atoms with E-state index < -0.39 is 15.6 Å². The Morgan fingerprint density at radius 3 is 2.71 bits per heavy atom. The predicted octanol–water partition coefficient (Wildman–Crippen LogP) is 0.438. The molecule has 17 heavy (non-hydrogen) atoms. The van der Waals surface area contributed by atoms with Crippen LogP contribution in [0, 0.1) is 6.92 Å². The number of methoxy groups -OCH3 is 1. The molecular formula is C10H15NO4S2. The maximum atomic E-state index is 12.1. The van der Waals surface area contributed by atoms with Crippen molar-refractivity contribution in [3.63, 3.8) is 0 Å². The maximum Gasteiger partial charge on any atom is 0.252 e. The van der Waals surface area contributed by atoms with E-state index in [2.05, 4.69) is 0 Å². The first kappa shape index (κ1) is 13.0. The van der Waals surface area contributed by atoms with Gasteiger partial charge in [-0.1, -0.05) is 0 Å². The van der Waals surface area contributed by atoms with Crippen molar-refractivity contribution in [2.75, 3.05) is 26.8 Å². The summed E-state index contributed by atoms with van der Waals surface area (Å²) in [4.78, 5) is 0. The fourth-order valence-electron chi connectivity index (χ4n) is 1.81. The van der Waals surface area contributed by atoms with E-state index in [0.717, 1.165) is 5.56 Å². The van der Waals surface area contributed by atoms with Crippen LogP contribution >= 0.6 is 11.3 Å². The topological polar surface area (TPSA) is 66.8 Å². The molecule has 0 unspecified atom stereocenters. The van der Waals surface area contributed by atoms with Gasteiger partial charge in [0.25, 0.3) is 10.0 Å². The third-order valence-electron chi connectivity index (χ3n) is 2.66. The minimum absolute atomic E-state index is 0.0973. The minimum Gasteiger partial charge on any atom is -0.385 e. The van der Waals surface area contributed by atoms with Crippen LogP contribution in [0.2, 0.25) is 0 Å². The van der Waals surface area contributed by atoms with Gasteiger partial charge in [0, 0.05) is 20.2 Å². The average Bonchev–Trinajstić information content (AvgIpc) is 2.62. The van der Waals surface area contributed by atoms with Crippen LogP contribution in [-0.2, 0) is 14.8 Å². The van der Waals surface area contributed by atoms with Crippen LogP contribution < -0.4 is 0 Å². The number of aryl methyl sites for hydroxylation is 1. The lowest BCUT2D eigenvalue weighted by atomic mass is 9.99. The molecule has 7 heteroatoms. The number of hydrogen-bond donors (Lipinski definition) is 1. The highest BCUT2D eigenvalue weighted by molar-refractivity contribution is 7.91. The van der Waals surface area contributed by atoms with Gasteiger partial charge in [0.1, 0.15) is 9.81 Å². The summed E-state index contributed by atoms with van der Waals surface area (Å²) in [5.74, 6) is 0. The van der Waals surface area contributed by atoms with Crippen molar-refractivity contribution in [3.8, 4) is 0 Å². The zero-order valence-corrected chi connectivity index (χ0v) is 11.3. The molecule has 1 fully saturated rings. The van der Waals surface area contributed by atoms with Gasteiger partial charge in [-0.25, -0.2) is 8.42 Å². The van der Waals surface area contributed by atoms with Crippen molar-refractivity contribution in [2.45, 2.75) is 16.7 Å². The predicted molar refractivity (Wildman–Crippen MR) is 64.6 cm³/mol. The van der Waals surface area contributed by atoms with E-state index in [0.29, 0.717) is 4.21 Å². The Balaban J connectivity index is 2.11. The molecule has 1 aromatic rings. The van der Waals surface area contributed by atoms with Crippen molar-refractivity contribution in [1.82, 2.24) is 4.31 Å². The molecule has 0 radical (unpaired) electrons. The summed E-state index contributed by atoms with van der Waals surface area (Å²) >= 11 is 1.21. The normalized spacial score (nSPS) is 20.2. The monoisotopic (exact) mass is 277 g/mol. The van der Waals surface area contributed by atoms with E-state index >= 15 is 0 Å². The zero-order valence-electron chi connectivity index (χ0n) is 9.71. The van der Waals surface area contributed by atoms with Crippen molar-refractivity contribution in [1.29, 1.82) is 0 Å². The number of β-amino-alcohol motifs (C(OH)–C–C–N with tert-alkyl or cyclic N) is 1. The summed E-state index contributed by atoms with van der Waals surface area (Å²) in [6.07, 6.45) is 0. The van der Waals surface area contributed by atoms with Crippen LogP contribution in [0.1, 0.15) is 5.56 Å². The average molecular weight is 277 g/mol. The summed E-state index contributed by atoms with van der Waals surface area (Å²) in [6, 6.07) is 1.65. The van der Waals surface area contributed by atoms with Gasteiger partial charge in [-0.05, 0) is 23.9 Å². The quantitative estimate of drug-likeness (QED) is 0.867. The molecule has 0 aromatic carbocycles. The van der Waals surface area contributed by atoms with Crippen LogP contribution in [0.15, 0.2) is 15.7 Å². The summed E-state index contributed by atoms with van der Waals surface area (Å²) in [5, 5.41) is 11.7. The van der Waals surface area contributed by atoms with E-state index in [-0.39, 0.29) is 19.7 Å². The zero-order chi connectivity index (χ0) is 12.7. The molecule has 0 atom stereocenters. The number of thiophene rings is 1. The largest absolute Gasteiger partial charge is 0.385 e. The van der Waals surface area contributed by atoms with Crippen LogP contribution in [0.25, 0.3) is 0 Å². The molecule has 1 aliphatic rings. The van der Waals surface area contributed by atoms with Crippen molar-refractivity contribution >= 4 is 21.4 Å². The SMILES string of the molecule is COCC1(O)CN(S(=O)(=O)c2cc(C)cs2)C1. The van der Waals surface area contributed by atoms with Crippen molar-refractivity contribution < 1.29 is 18.3 Å². The molecule has 2 rings (SSSR count). The second-order valence-corrected chi connectivity index (χ2v) is 7.45. The molecule has 5 nitrogen and oxygen atoms in total. The highest BCUT2D eigenvalue weighted by Crippen LogP contribution is 2.31. The lowest BCUT2D eigenvalue weighted by molar-refractivity contribution is -0.103. The molecule has 0 saturated carbocycles. The van der Waals surface area contributed by atoms with Gasteiger partial charge in [-0.2, -0.15) is 4.31 Å². The maximum absolute atomic E-state index is 12.1. The molecule has 96 valence electrons. The lowest BCUT2D eigenvalue weighted by Gasteiger charge is -2.44. The summed E-state index contributed by atoms with van der Waals surface area (Å²) < 4.78 is 30.7. The Morgan fingerprint density at radius 1 is 1.59 bits per heavy atom. The second-order valence-electron chi connectivity index (χ2n) is 4.37. The van der Waals surface area contributed by atoms with Crippen LogP contribution in [0.5, 0.6) is 0 Å². The molecule has 0 aliphatic carbocycles. The standard InChI is InChI=1S/C10H15NO4S2/c1-8-3-9(16-4-8)17(13,14)11-5-10(12,6-11)7-15-2/h3-4,12H,5-7H2,1-2H3. The number of aliphatic hydroxyl groups is 1. The number of sulfonamides is 1. The molecule has 1 aliphatic heterocycles. The smallest absolute Gasteiger partial charge is 0.252 e. The van der Waals surface area contributed by atoms with E-state index in [4.69, 9.17) is 4.74 Å². The van der Waals surface area contributed by atoms with Gasteiger partial charge in [-0.3, -0.25) is 0 Å². The highest BCUT2D eigenvalue weighted by atomic mass is 32.2. The van der Waals surface area contributed by atoms with Crippen molar-refractivity contribution in [2.24, 2.45) is 0 Å². The van der Waals surface area contributed by atoms with Gasteiger partial charge in [0.05, 0.1) is 6.61 Å².